The highest BCUT2D eigenvalue weighted by molar-refractivity contribution is 5.83. The highest BCUT2D eigenvalue weighted by atomic mass is 16.5. The van der Waals surface area contributed by atoms with E-state index in [0.717, 1.165) is 32.4 Å². The maximum atomic E-state index is 12.2. The van der Waals surface area contributed by atoms with Gasteiger partial charge >= 0.3 is 0 Å². The van der Waals surface area contributed by atoms with Gasteiger partial charge in [0.1, 0.15) is 5.78 Å². The molecule has 0 aromatic rings. The van der Waals surface area contributed by atoms with Crippen LogP contribution in [0.25, 0.3) is 0 Å². The molecule has 0 spiro atoms. The quantitative estimate of drug-likeness (QED) is 0.697. The van der Waals surface area contributed by atoms with Crippen molar-refractivity contribution in [1.29, 1.82) is 0 Å². The molecule has 0 atom stereocenters. The van der Waals surface area contributed by atoms with Crippen molar-refractivity contribution in [3.05, 3.63) is 0 Å². The van der Waals surface area contributed by atoms with Crippen molar-refractivity contribution in [3.63, 3.8) is 0 Å². The van der Waals surface area contributed by atoms with E-state index in [4.69, 9.17) is 9.84 Å². The second kappa shape index (κ2) is 13.3. The first kappa shape index (κ1) is 23.1. The smallest absolute Gasteiger partial charge is 0.222 e. The van der Waals surface area contributed by atoms with Crippen LogP contribution in [0.3, 0.4) is 0 Å². The molecule has 2 fully saturated rings. The van der Waals surface area contributed by atoms with Crippen molar-refractivity contribution in [1.82, 2.24) is 4.90 Å². The summed E-state index contributed by atoms with van der Waals surface area (Å²) in [5, 5.41) is 7.57. The molecule has 1 saturated heterocycles. The lowest BCUT2D eigenvalue weighted by Gasteiger charge is -2.32. The van der Waals surface area contributed by atoms with Crippen molar-refractivity contribution in [2.24, 2.45) is 11.8 Å². The molecule has 0 bridgehead atoms. The number of piperidine rings is 1. The Labute approximate surface area is 159 Å². The third kappa shape index (κ3) is 8.63. The van der Waals surface area contributed by atoms with E-state index < -0.39 is 0 Å². The molecule has 5 nitrogen and oxygen atoms in total. The van der Waals surface area contributed by atoms with Gasteiger partial charge in [0.25, 0.3) is 0 Å². The van der Waals surface area contributed by atoms with Crippen LogP contribution < -0.4 is 0 Å². The molecule has 1 N–H and O–H groups in total. The van der Waals surface area contributed by atoms with Crippen LogP contribution in [0, 0.1) is 11.8 Å². The number of rotatable bonds is 7. The zero-order valence-corrected chi connectivity index (χ0v) is 17.0. The van der Waals surface area contributed by atoms with E-state index in [-0.39, 0.29) is 24.3 Å². The van der Waals surface area contributed by atoms with Crippen molar-refractivity contribution in [2.45, 2.75) is 84.7 Å². The molecule has 0 aromatic heterocycles. The van der Waals surface area contributed by atoms with Crippen LogP contribution in [0.2, 0.25) is 0 Å². The van der Waals surface area contributed by atoms with Gasteiger partial charge in [0, 0.05) is 44.6 Å². The molecule has 1 heterocycles. The number of amides is 1. The van der Waals surface area contributed by atoms with Crippen LogP contribution >= 0.6 is 0 Å². The molecule has 26 heavy (non-hydrogen) atoms. The Kier molecular flexibility index (Phi) is 11.8. The van der Waals surface area contributed by atoms with E-state index in [1.165, 1.54) is 32.1 Å². The number of ether oxygens (including phenoxy) is 1. The number of aliphatic hydroxyl groups is 1. The lowest BCUT2D eigenvalue weighted by atomic mass is 9.87. The van der Waals surface area contributed by atoms with Crippen molar-refractivity contribution < 1.29 is 19.4 Å². The highest BCUT2D eigenvalue weighted by Gasteiger charge is 2.28. The minimum absolute atomic E-state index is 0.110. The van der Waals surface area contributed by atoms with Crippen LogP contribution in [0.15, 0.2) is 0 Å². The topological polar surface area (TPSA) is 66.8 Å². The summed E-state index contributed by atoms with van der Waals surface area (Å²) in [4.78, 5) is 26.2. The third-order valence-corrected chi connectivity index (χ3v) is 5.26. The van der Waals surface area contributed by atoms with Crippen molar-refractivity contribution in [3.8, 4) is 0 Å². The standard InChI is InChI=1S/C19H33NO3.C2H6O/c1-15(2)19(22)16-10-12-20(13-11-16)18(21)9-6-14-23-17-7-4-3-5-8-17;1-2-3/h15-17H,3-14H2,1-2H3;3H,2H2,1H3. The largest absolute Gasteiger partial charge is 0.397 e. The fourth-order valence-electron chi connectivity index (χ4n) is 3.75. The summed E-state index contributed by atoms with van der Waals surface area (Å²) in [6.45, 7) is 8.05. The molecule has 1 aliphatic carbocycles. The van der Waals surface area contributed by atoms with E-state index >= 15 is 0 Å². The summed E-state index contributed by atoms with van der Waals surface area (Å²) in [6, 6.07) is 0. The zero-order chi connectivity index (χ0) is 19.4. The fourth-order valence-corrected chi connectivity index (χ4v) is 3.75. The molecule has 0 unspecified atom stereocenters. The minimum Gasteiger partial charge on any atom is -0.397 e. The van der Waals surface area contributed by atoms with Gasteiger partial charge in [-0.05, 0) is 39.0 Å². The summed E-state index contributed by atoms with van der Waals surface area (Å²) in [6.07, 6.45) is 9.78. The lowest BCUT2D eigenvalue weighted by Crippen LogP contribution is -2.41. The van der Waals surface area contributed by atoms with Crippen LogP contribution in [0.5, 0.6) is 0 Å². The van der Waals surface area contributed by atoms with Gasteiger partial charge in [-0.15, -0.1) is 0 Å². The normalized spacial score (nSPS) is 19.2. The Balaban J connectivity index is 0.00000105. The van der Waals surface area contributed by atoms with E-state index in [1.54, 1.807) is 6.92 Å². The Morgan fingerprint density at radius 3 is 2.19 bits per heavy atom. The molecule has 0 aromatic carbocycles. The molecule has 1 amide bonds. The maximum Gasteiger partial charge on any atom is 0.222 e. The fraction of sp³-hybridized carbons (Fsp3) is 0.905. The van der Waals surface area contributed by atoms with E-state index in [9.17, 15) is 9.59 Å². The number of carbonyl (C=O) groups is 2. The Morgan fingerprint density at radius 2 is 1.65 bits per heavy atom. The second-order valence-corrected chi connectivity index (χ2v) is 7.76. The second-order valence-electron chi connectivity index (χ2n) is 7.76. The number of ketones is 1. The van der Waals surface area contributed by atoms with Gasteiger partial charge in [-0.2, -0.15) is 0 Å². The first-order valence-electron chi connectivity index (χ1n) is 10.5. The highest BCUT2D eigenvalue weighted by Crippen LogP contribution is 2.22. The number of Topliss-reactive ketones (excluding diaryl/α,β-unsaturated/α-hetero) is 1. The van der Waals surface area contributed by atoms with E-state index in [2.05, 4.69) is 0 Å². The molecule has 1 saturated carbocycles. The summed E-state index contributed by atoms with van der Waals surface area (Å²) >= 11 is 0. The Bertz CT molecular complexity index is 397. The van der Waals surface area contributed by atoms with Crippen LogP contribution in [-0.2, 0) is 14.3 Å². The van der Waals surface area contributed by atoms with Crippen LogP contribution in [-0.4, -0.2) is 54.1 Å². The average Bonchev–Trinajstić information content (AvgIpc) is 2.66. The van der Waals surface area contributed by atoms with Crippen LogP contribution in [0.4, 0.5) is 0 Å². The summed E-state index contributed by atoms with van der Waals surface area (Å²) in [5.41, 5.74) is 0. The third-order valence-electron chi connectivity index (χ3n) is 5.26. The number of hydrogen-bond acceptors (Lipinski definition) is 4. The van der Waals surface area contributed by atoms with Gasteiger partial charge in [0.05, 0.1) is 6.10 Å². The molecule has 5 heteroatoms. The van der Waals surface area contributed by atoms with Gasteiger partial charge in [0.15, 0.2) is 0 Å². The molecule has 2 aliphatic rings. The number of likely N-dealkylation sites (tertiary alicyclic amines) is 1. The van der Waals surface area contributed by atoms with E-state index in [0.29, 0.717) is 24.9 Å². The van der Waals surface area contributed by atoms with Crippen molar-refractivity contribution >= 4 is 11.7 Å². The molecule has 1 aliphatic heterocycles. The number of nitrogens with zero attached hydrogens (tertiary/aromatic N) is 1. The van der Waals surface area contributed by atoms with Gasteiger partial charge in [-0.1, -0.05) is 33.1 Å². The first-order chi connectivity index (χ1) is 12.5. The van der Waals surface area contributed by atoms with E-state index in [1.807, 2.05) is 18.7 Å². The van der Waals surface area contributed by atoms with Gasteiger partial charge in [-0.3, -0.25) is 9.59 Å². The van der Waals surface area contributed by atoms with Gasteiger partial charge in [0.2, 0.25) is 5.91 Å². The zero-order valence-electron chi connectivity index (χ0n) is 17.0. The SMILES string of the molecule is CC(C)C(=O)C1CCN(C(=O)CCCOC2CCCCC2)CC1.CCO. The van der Waals surface area contributed by atoms with Crippen LogP contribution in [0.1, 0.15) is 78.6 Å². The monoisotopic (exact) mass is 369 g/mol. The summed E-state index contributed by atoms with van der Waals surface area (Å²) < 4.78 is 5.88. The Morgan fingerprint density at radius 1 is 1.08 bits per heavy atom. The predicted molar refractivity (Wildman–Crippen MR) is 104 cm³/mol. The molecular weight excluding hydrogens is 330 g/mol. The lowest BCUT2D eigenvalue weighted by molar-refractivity contribution is -0.136. The Hall–Kier alpha value is -0.940. The molecule has 0 radical (unpaired) electrons. The summed E-state index contributed by atoms with van der Waals surface area (Å²) in [7, 11) is 0. The average molecular weight is 370 g/mol. The molecule has 2 rings (SSSR count). The molecular formula is C21H39NO4. The number of aliphatic hydroxyl groups excluding tert-OH is 1. The van der Waals surface area contributed by atoms with Crippen molar-refractivity contribution in [2.75, 3.05) is 26.3 Å². The summed E-state index contributed by atoms with van der Waals surface area (Å²) in [5.74, 6) is 0.860. The minimum atomic E-state index is 0.110. The maximum absolute atomic E-state index is 12.2. The predicted octanol–water partition coefficient (Wildman–Crippen LogP) is 3.58. The first-order valence-corrected chi connectivity index (χ1v) is 10.5. The molecule has 152 valence electrons. The number of carbonyl (C=O) groups excluding carboxylic acids is 2. The van der Waals surface area contributed by atoms with Gasteiger partial charge < -0.3 is 14.7 Å². The van der Waals surface area contributed by atoms with Gasteiger partial charge in [-0.25, -0.2) is 0 Å². The number of hydrogen-bond donors (Lipinski definition) is 1.